The van der Waals surface area contributed by atoms with Gasteiger partial charge in [0.15, 0.2) is 6.33 Å². The van der Waals surface area contributed by atoms with E-state index in [2.05, 4.69) is 16.3 Å². The SMILES string of the molecule is COc1ccccc1-c1c(Cl)cc2[nH][c]nc2c1Cl. The Hall–Kier alpha value is -1.71. The van der Waals surface area contributed by atoms with Crippen LogP contribution in [0.15, 0.2) is 30.3 Å². The summed E-state index contributed by atoms with van der Waals surface area (Å²) in [5, 5.41) is 1.03. The number of fused-ring (bicyclic) bond motifs is 1. The van der Waals surface area contributed by atoms with E-state index in [1.54, 1.807) is 13.2 Å². The van der Waals surface area contributed by atoms with E-state index >= 15 is 0 Å². The quantitative estimate of drug-likeness (QED) is 0.762. The fourth-order valence-electron chi connectivity index (χ4n) is 2.06. The Morgan fingerprint density at radius 1 is 1.26 bits per heavy atom. The molecule has 3 nitrogen and oxygen atoms in total. The smallest absolute Gasteiger partial charge is 0.174 e. The van der Waals surface area contributed by atoms with Gasteiger partial charge >= 0.3 is 0 Å². The number of para-hydroxylation sites is 1. The number of aromatic amines is 1. The first kappa shape index (κ1) is 12.3. The third-order valence-corrected chi connectivity index (χ3v) is 3.59. The predicted octanol–water partition coefficient (Wildman–Crippen LogP) is 4.35. The Morgan fingerprint density at radius 2 is 2.05 bits per heavy atom. The van der Waals surface area contributed by atoms with Crippen LogP contribution < -0.4 is 4.74 Å². The number of ether oxygens (including phenoxy) is 1. The summed E-state index contributed by atoms with van der Waals surface area (Å²) in [5.74, 6) is 0.713. The topological polar surface area (TPSA) is 37.9 Å². The van der Waals surface area contributed by atoms with Crippen LogP contribution in [0, 0.1) is 6.33 Å². The van der Waals surface area contributed by atoms with Gasteiger partial charge in [0.25, 0.3) is 0 Å². The van der Waals surface area contributed by atoms with Crippen molar-refractivity contribution in [3.8, 4) is 16.9 Å². The van der Waals surface area contributed by atoms with Gasteiger partial charge in [-0.05, 0) is 12.1 Å². The molecule has 0 amide bonds. The Morgan fingerprint density at radius 3 is 2.84 bits per heavy atom. The molecule has 19 heavy (non-hydrogen) atoms. The van der Waals surface area contributed by atoms with Gasteiger partial charge in [0.2, 0.25) is 0 Å². The lowest BCUT2D eigenvalue weighted by molar-refractivity contribution is 0.416. The molecule has 95 valence electrons. The van der Waals surface area contributed by atoms with Crippen LogP contribution in [-0.4, -0.2) is 17.1 Å². The van der Waals surface area contributed by atoms with Crippen LogP contribution in [0.2, 0.25) is 10.0 Å². The molecular formula is C14H9Cl2N2O. The molecule has 2 aromatic carbocycles. The van der Waals surface area contributed by atoms with E-state index in [1.807, 2.05) is 24.3 Å². The first-order chi connectivity index (χ1) is 9.22. The van der Waals surface area contributed by atoms with Gasteiger partial charge in [0, 0.05) is 11.1 Å². The summed E-state index contributed by atoms with van der Waals surface area (Å²) in [4.78, 5) is 6.96. The van der Waals surface area contributed by atoms with Crippen molar-refractivity contribution in [3.63, 3.8) is 0 Å². The molecule has 3 rings (SSSR count). The summed E-state index contributed by atoms with van der Waals surface area (Å²) in [5.41, 5.74) is 2.96. The molecule has 5 heteroatoms. The maximum Gasteiger partial charge on any atom is 0.174 e. The number of nitrogens with zero attached hydrogens (tertiary/aromatic N) is 1. The predicted molar refractivity (Wildman–Crippen MR) is 76.9 cm³/mol. The van der Waals surface area contributed by atoms with E-state index in [0.717, 1.165) is 11.1 Å². The van der Waals surface area contributed by atoms with Gasteiger partial charge in [0.1, 0.15) is 11.3 Å². The molecule has 0 aliphatic carbocycles. The number of hydrogen-bond donors (Lipinski definition) is 1. The molecule has 0 saturated carbocycles. The summed E-state index contributed by atoms with van der Waals surface area (Å²) in [6.07, 6.45) is 2.66. The van der Waals surface area contributed by atoms with Gasteiger partial charge in [-0.2, -0.15) is 0 Å². The Bertz CT molecular complexity index is 752. The zero-order valence-corrected chi connectivity index (χ0v) is 11.5. The van der Waals surface area contributed by atoms with Gasteiger partial charge < -0.3 is 9.72 Å². The van der Waals surface area contributed by atoms with Crippen LogP contribution >= 0.6 is 23.2 Å². The Labute approximate surface area is 120 Å². The highest BCUT2D eigenvalue weighted by Gasteiger charge is 2.17. The first-order valence-corrected chi connectivity index (χ1v) is 6.35. The summed E-state index contributed by atoms with van der Waals surface area (Å²) >= 11 is 12.7. The van der Waals surface area contributed by atoms with Crippen molar-refractivity contribution in [3.05, 3.63) is 46.7 Å². The van der Waals surface area contributed by atoms with Gasteiger partial charge in [-0.1, -0.05) is 41.4 Å². The van der Waals surface area contributed by atoms with Crippen LogP contribution in [0.3, 0.4) is 0 Å². The molecule has 0 spiro atoms. The molecular weight excluding hydrogens is 283 g/mol. The van der Waals surface area contributed by atoms with Crippen LogP contribution in [0.4, 0.5) is 0 Å². The second kappa shape index (κ2) is 4.76. The lowest BCUT2D eigenvalue weighted by Gasteiger charge is -2.12. The third-order valence-electron chi connectivity index (χ3n) is 2.93. The van der Waals surface area contributed by atoms with E-state index in [1.165, 1.54) is 0 Å². The van der Waals surface area contributed by atoms with Crippen LogP contribution in [-0.2, 0) is 0 Å². The number of hydrogen-bond acceptors (Lipinski definition) is 2. The van der Waals surface area contributed by atoms with Crippen molar-refractivity contribution in [2.45, 2.75) is 0 Å². The molecule has 0 saturated heterocycles. The number of rotatable bonds is 2. The Balaban J connectivity index is 2.35. The second-order valence-corrected chi connectivity index (χ2v) is 4.78. The fraction of sp³-hybridized carbons (Fsp3) is 0.0714. The summed E-state index contributed by atoms with van der Waals surface area (Å²) < 4.78 is 5.35. The molecule has 0 unspecified atom stereocenters. The second-order valence-electron chi connectivity index (χ2n) is 3.99. The number of methoxy groups -OCH3 is 1. The number of H-pyrrole nitrogens is 1. The Kier molecular flexibility index (Phi) is 3.09. The van der Waals surface area contributed by atoms with Gasteiger partial charge in [-0.25, -0.2) is 4.98 Å². The summed E-state index contributed by atoms with van der Waals surface area (Å²) in [7, 11) is 1.61. The van der Waals surface area contributed by atoms with Crippen molar-refractivity contribution >= 4 is 34.2 Å². The first-order valence-electron chi connectivity index (χ1n) is 5.59. The number of nitrogens with one attached hydrogen (secondary N) is 1. The minimum atomic E-state index is 0.490. The van der Waals surface area contributed by atoms with Crippen molar-refractivity contribution in [1.82, 2.24) is 9.97 Å². The maximum atomic E-state index is 6.41. The summed E-state index contributed by atoms with van der Waals surface area (Å²) in [6.45, 7) is 0. The normalized spacial score (nSPS) is 10.9. The van der Waals surface area contributed by atoms with Crippen molar-refractivity contribution in [2.24, 2.45) is 0 Å². The van der Waals surface area contributed by atoms with Crippen molar-refractivity contribution in [1.29, 1.82) is 0 Å². The molecule has 0 aliphatic rings. The minimum Gasteiger partial charge on any atom is -0.496 e. The van der Waals surface area contributed by atoms with Crippen LogP contribution in [0.5, 0.6) is 5.75 Å². The number of imidazole rings is 1. The van der Waals surface area contributed by atoms with E-state index in [-0.39, 0.29) is 0 Å². The van der Waals surface area contributed by atoms with Crippen molar-refractivity contribution in [2.75, 3.05) is 7.11 Å². The van der Waals surface area contributed by atoms with Gasteiger partial charge in [0.05, 0.1) is 22.7 Å². The zero-order valence-electron chi connectivity index (χ0n) is 10.00. The fourth-order valence-corrected chi connectivity index (χ4v) is 2.76. The lowest BCUT2D eigenvalue weighted by Crippen LogP contribution is -1.90. The molecule has 1 aromatic heterocycles. The number of halogens is 2. The highest BCUT2D eigenvalue weighted by Crippen LogP contribution is 2.42. The average Bonchev–Trinajstić information content (AvgIpc) is 2.87. The molecule has 1 N–H and O–H groups in total. The average molecular weight is 292 g/mol. The number of benzene rings is 2. The van der Waals surface area contributed by atoms with Crippen LogP contribution in [0.1, 0.15) is 0 Å². The van der Waals surface area contributed by atoms with E-state index in [4.69, 9.17) is 27.9 Å². The third kappa shape index (κ3) is 1.95. The van der Waals surface area contributed by atoms with Gasteiger partial charge in [-0.15, -0.1) is 0 Å². The highest BCUT2D eigenvalue weighted by atomic mass is 35.5. The molecule has 1 heterocycles. The molecule has 0 bridgehead atoms. The molecule has 1 radical (unpaired) electrons. The minimum absolute atomic E-state index is 0.490. The standard InChI is InChI=1S/C14H9Cl2N2O/c1-19-11-5-3-2-4-8(11)12-9(15)6-10-14(13(12)16)18-7-17-10/h2-6H,1H3,(H,17,18). The monoisotopic (exact) mass is 291 g/mol. The molecule has 0 atom stereocenters. The largest absolute Gasteiger partial charge is 0.496 e. The lowest BCUT2D eigenvalue weighted by atomic mass is 10.0. The van der Waals surface area contributed by atoms with Gasteiger partial charge in [-0.3, -0.25) is 0 Å². The molecule has 0 aliphatic heterocycles. The van der Waals surface area contributed by atoms with E-state index in [0.29, 0.717) is 26.9 Å². The van der Waals surface area contributed by atoms with Crippen LogP contribution in [0.25, 0.3) is 22.2 Å². The molecule has 0 fully saturated rings. The highest BCUT2D eigenvalue weighted by molar-refractivity contribution is 6.42. The maximum absolute atomic E-state index is 6.41. The number of aromatic nitrogens is 2. The van der Waals surface area contributed by atoms with E-state index in [9.17, 15) is 0 Å². The van der Waals surface area contributed by atoms with E-state index < -0.39 is 0 Å². The van der Waals surface area contributed by atoms with Crippen molar-refractivity contribution < 1.29 is 4.74 Å². The zero-order chi connectivity index (χ0) is 13.4. The summed E-state index contributed by atoms with van der Waals surface area (Å²) in [6, 6.07) is 9.36. The molecule has 3 aromatic rings.